The third-order valence-corrected chi connectivity index (χ3v) is 2.49. The fourth-order valence-electron chi connectivity index (χ4n) is 1.28. The minimum absolute atomic E-state index is 0.134. The number of hydrogen-bond acceptors (Lipinski definition) is 4. The van der Waals surface area contributed by atoms with Crippen LogP contribution in [0.15, 0.2) is 18.2 Å². The molecule has 0 unspecified atom stereocenters. The van der Waals surface area contributed by atoms with Crippen molar-refractivity contribution in [3.63, 3.8) is 0 Å². The Morgan fingerprint density at radius 2 is 1.67 bits per heavy atom. The Kier molecular flexibility index (Phi) is 3.96. The molecule has 98 valence electrons. The molecule has 5 heteroatoms. The molecule has 0 aromatic heterocycles. The van der Waals surface area contributed by atoms with Crippen molar-refractivity contribution in [2.24, 2.45) is 5.41 Å². The lowest BCUT2D eigenvalue weighted by molar-refractivity contribution is -0.125. The standard InChI is InChI=1S/C13H17NO4/c1-13(2,3)10(17)7-14-12(18)11-8(15)5-4-6-9(11)16/h4-6,15-16H,7H2,1-3H3,(H,14,18). The second-order valence-electron chi connectivity index (χ2n) is 5.03. The van der Waals surface area contributed by atoms with Gasteiger partial charge in [0.15, 0.2) is 5.78 Å². The van der Waals surface area contributed by atoms with Crippen LogP contribution in [-0.2, 0) is 4.79 Å². The second-order valence-corrected chi connectivity index (χ2v) is 5.03. The largest absolute Gasteiger partial charge is 0.507 e. The van der Waals surface area contributed by atoms with E-state index in [0.717, 1.165) is 0 Å². The first-order chi connectivity index (χ1) is 8.23. The van der Waals surface area contributed by atoms with Crippen LogP contribution in [0.2, 0.25) is 0 Å². The first-order valence-corrected chi connectivity index (χ1v) is 5.56. The average molecular weight is 251 g/mol. The van der Waals surface area contributed by atoms with Gasteiger partial charge in [-0.1, -0.05) is 26.8 Å². The molecular weight excluding hydrogens is 234 g/mol. The molecule has 0 aliphatic carbocycles. The molecule has 0 spiro atoms. The average Bonchev–Trinajstić information content (AvgIpc) is 2.24. The molecular formula is C13H17NO4. The van der Waals surface area contributed by atoms with Crippen LogP contribution in [0.4, 0.5) is 0 Å². The number of benzene rings is 1. The summed E-state index contributed by atoms with van der Waals surface area (Å²) >= 11 is 0. The van der Waals surface area contributed by atoms with E-state index < -0.39 is 11.3 Å². The molecule has 0 aliphatic heterocycles. The Bertz CT molecular complexity index is 454. The monoisotopic (exact) mass is 251 g/mol. The molecule has 5 nitrogen and oxygen atoms in total. The molecule has 1 aromatic rings. The Balaban J connectivity index is 2.76. The number of hydrogen-bond donors (Lipinski definition) is 3. The van der Waals surface area contributed by atoms with Gasteiger partial charge in [0.1, 0.15) is 17.1 Å². The summed E-state index contributed by atoms with van der Waals surface area (Å²) in [5, 5.41) is 21.3. The highest BCUT2D eigenvalue weighted by molar-refractivity contribution is 6.01. The molecule has 0 atom stereocenters. The number of rotatable bonds is 3. The first-order valence-electron chi connectivity index (χ1n) is 5.56. The molecule has 0 saturated carbocycles. The van der Waals surface area contributed by atoms with Crippen molar-refractivity contribution in [1.82, 2.24) is 5.32 Å². The Hall–Kier alpha value is -2.04. The van der Waals surface area contributed by atoms with Crippen LogP contribution in [0.5, 0.6) is 11.5 Å². The Morgan fingerprint density at radius 3 is 2.11 bits per heavy atom. The topological polar surface area (TPSA) is 86.6 Å². The third kappa shape index (κ3) is 3.23. The van der Waals surface area contributed by atoms with Crippen molar-refractivity contribution in [3.8, 4) is 11.5 Å². The van der Waals surface area contributed by atoms with E-state index in [0.29, 0.717) is 0 Å². The van der Waals surface area contributed by atoms with Crippen molar-refractivity contribution in [2.45, 2.75) is 20.8 Å². The molecule has 1 amide bonds. The van der Waals surface area contributed by atoms with Crippen LogP contribution in [-0.4, -0.2) is 28.4 Å². The smallest absolute Gasteiger partial charge is 0.259 e. The summed E-state index contributed by atoms with van der Waals surface area (Å²) in [5.41, 5.74) is -0.771. The van der Waals surface area contributed by atoms with E-state index in [1.54, 1.807) is 20.8 Å². The molecule has 0 radical (unpaired) electrons. The Morgan fingerprint density at radius 1 is 1.17 bits per heavy atom. The fraction of sp³-hybridized carbons (Fsp3) is 0.385. The van der Waals surface area contributed by atoms with Gasteiger partial charge < -0.3 is 15.5 Å². The fourth-order valence-corrected chi connectivity index (χ4v) is 1.28. The maximum absolute atomic E-state index is 11.7. The van der Waals surface area contributed by atoms with E-state index in [1.807, 2.05) is 0 Å². The third-order valence-electron chi connectivity index (χ3n) is 2.49. The van der Waals surface area contributed by atoms with Gasteiger partial charge in [0, 0.05) is 5.41 Å². The molecule has 0 bridgehead atoms. The number of carbonyl (C=O) groups excluding carboxylic acids is 2. The Labute approximate surface area is 105 Å². The van der Waals surface area contributed by atoms with Gasteiger partial charge in [0.05, 0.1) is 6.54 Å². The van der Waals surface area contributed by atoms with Crippen LogP contribution < -0.4 is 5.32 Å². The van der Waals surface area contributed by atoms with Gasteiger partial charge in [0.2, 0.25) is 0 Å². The van der Waals surface area contributed by atoms with Crippen molar-refractivity contribution in [1.29, 1.82) is 0 Å². The van der Waals surface area contributed by atoms with Gasteiger partial charge in [-0.3, -0.25) is 9.59 Å². The van der Waals surface area contributed by atoms with Gasteiger partial charge >= 0.3 is 0 Å². The number of carbonyl (C=O) groups is 2. The summed E-state index contributed by atoms with van der Waals surface area (Å²) in [6.07, 6.45) is 0. The summed E-state index contributed by atoms with van der Waals surface area (Å²) in [5.74, 6) is -1.46. The zero-order valence-corrected chi connectivity index (χ0v) is 10.7. The molecule has 18 heavy (non-hydrogen) atoms. The summed E-state index contributed by atoms with van der Waals surface area (Å²) < 4.78 is 0. The first kappa shape index (κ1) is 14.0. The molecule has 0 fully saturated rings. The van der Waals surface area contributed by atoms with Crippen LogP contribution in [0.3, 0.4) is 0 Å². The van der Waals surface area contributed by atoms with Crippen LogP contribution in [0.25, 0.3) is 0 Å². The van der Waals surface area contributed by atoms with Crippen LogP contribution >= 0.6 is 0 Å². The predicted octanol–water partition coefficient (Wildman–Crippen LogP) is 1.44. The lowest BCUT2D eigenvalue weighted by Gasteiger charge is -2.17. The van der Waals surface area contributed by atoms with Gasteiger partial charge in [-0.05, 0) is 12.1 Å². The number of nitrogens with one attached hydrogen (secondary N) is 1. The SMILES string of the molecule is CC(C)(C)C(=O)CNC(=O)c1c(O)cccc1O. The molecule has 0 saturated heterocycles. The second kappa shape index (κ2) is 5.08. The van der Waals surface area contributed by atoms with Crippen LogP contribution in [0, 0.1) is 5.41 Å². The summed E-state index contributed by atoms with van der Waals surface area (Å²) in [6, 6.07) is 4.00. The van der Waals surface area contributed by atoms with Crippen molar-refractivity contribution in [2.75, 3.05) is 6.54 Å². The molecule has 3 N–H and O–H groups in total. The van der Waals surface area contributed by atoms with Gasteiger partial charge in [-0.25, -0.2) is 0 Å². The quantitative estimate of drug-likeness (QED) is 0.758. The number of amides is 1. The zero-order valence-electron chi connectivity index (χ0n) is 10.7. The van der Waals surface area contributed by atoms with Gasteiger partial charge in [-0.15, -0.1) is 0 Å². The van der Waals surface area contributed by atoms with Gasteiger partial charge in [-0.2, -0.15) is 0 Å². The maximum Gasteiger partial charge on any atom is 0.259 e. The highest BCUT2D eigenvalue weighted by Crippen LogP contribution is 2.25. The lowest BCUT2D eigenvalue weighted by atomic mass is 9.91. The number of Topliss-reactive ketones (excluding diaryl/α,β-unsaturated/α-hetero) is 1. The number of aromatic hydroxyl groups is 2. The van der Waals surface area contributed by atoms with Crippen molar-refractivity contribution in [3.05, 3.63) is 23.8 Å². The van der Waals surface area contributed by atoms with Crippen LogP contribution in [0.1, 0.15) is 31.1 Å². The summed E-state index contributed by atoms with van der Waals surface area (Å²) in [6.45, 7) is 5.10. The highest BCUT2D eigenvalue weighted by atomic mass is 16.3. The van der Waals surface area contributed by atoms with E-state index >= 15 is 0 Å². The zero-order chi connectivity index (χ0) is 13.9. The molecule has 0 aliphatic rings. The maximum atomic E-state index is 11.7. The van der Waals surface area contributed by atoms with Crippen molar-refractivity contribution < 1.29 is 19.8 Å². The molecule has 0 heterocycles. The van der Waals surface area contributed by atoms with E-state index in [4.69, 9.17) is 0 Å². The van der Waals surface area contributed by atoms with E-state index in [9.17, 15) is 19.8 Å². The minimum atomic E-state index is -0.678. The van der Waals surface area contributed by atoms with E-state index in [-0.39, 0.29) is 29.4 Å². The summed E-state index contributed by atoms with van der Waals surface area (Å²) in [7, 11) is 0. The van der Waals surface area contributed by atoms with E-state index in [1.165, 1.54) is 18.2 Å². The highest BCUT2D eigenvalue weighted by Gasteiger charge is 2.23. The number of phenolic OH excluding ortho intramolecular Hbond substituents is 2. The van der Waals surface area contributed by atoms with Gasteiger partial charge in [0.25, 0.3) is 5.91 Å². The predicted molar refractivity (Wildman–Crippen MR) is 66.6 cm³/mol. The lowest BCUT2D eigenvalue weighted by Crippen LogP contribution is -2.35. The summed E-state index contributed by atoms with van der Waals surface area (Å²) in [4.78, 5) is 23.4. The van der Waals surface area contributed by atoms with E-state index in [2.05, 4.69) is 5.32 Å². The molecule has 1 rings (SSSR count). The number of phenols is 2. The van der Waals surface area contributed by atoms with Crippen molar-refractivity contribution >= 4 is 11.7 Å². The number of ketones is 1. The normalized spacial score (nSPS) is 11.1. The molecule has 1 aromatic carbocycles. The minimum Gasteiger partial charge on any atom is -0.507 e.